The maximum atomic E-state index is 12.0. The van der Waals surface area contributed by atoms with Gasteiger partial charge in [0.1, 0.15) is 5.69 Å². The van der Waals surface area contributed by atoms with Crippen molar-refractivity contribution in [3.8, 4) is 5.69 Å². The standard InChI is InChI=1S/C14H15Cl2N5O3/c1-2-17-4-5-18-14(22)12-3-6-20(19-12)13-10(15)7-9(21(23)24)8-11(13)16/h3,6-8,17H,2,4-5H2,1H3,(H,18,22). The van der Waals surface area contributed by atoms with Crippen LogP contribution in [0, 0.1) is 10.1 Å². The third kappa shape index (κ3) is 4.22. The fourth-order valence-electron chi connectivity index (χ4n) is 1.98. The Morgan fingerprint density at radius 1 is 1.33 bits per heavy atom. The van der Waals surface area contributed by atoms with Gasteiger partial charge in [-0.25, -0.2) is 4.68 Å². The lowest BCUT2D eigenvalue weighted by atomic mass is 10.3. The molecular formula is C14H15Cl2N5O3. The average molecular weight is 372 g/mol. The summed E-state index contributed by atoms with van der Waals surface area (Å²) in [5.41, 5.74) is 0.245. The van der Waals surface area contributed by atoms with Crippen LogP contribution >= 0.6 is 23.2 Å². The minimum Gasteiger partial charge on any atom is -0.349 e. The van der Waals surface area contributed by atoms with Crippen LogP contribution in [0.5, 0.6) is 0 Å². The van der Waals surface area contributed by atoms with Gasteiger partial charge in [0.25, 0.3) is 11.6 Å². The summed E-state index contributed by atoms with van der Waals surface area (Å²) < 4.78 is 1.31. The van der Waals surface area contributed by atoms with Gasteiger partial charge in [-0.05, 0) is 12.6 Å². The molecule has 0 bridgehead atoms. The highest BCUT2D eigenvalue weighted by molar-refractivity contribution is 6.38. The first-order valence-electron chi connectivity index (χ1n) is 7.12. The van der Waals surface area contributed by atoms with E-state index in [1.165, 1.54) is 29.1 Å². The smallest absolute Gasteiger partial charge is 0.272 e. The summed E-state index contributed by atoms with van der Waals surface area (Å²) in [6.07, 6.45) is 1.51. The van der Waals surface area contributed by atoms with Gasteiger partial charge in [-0.1, -0.05) is 30.1 Å². The third-order valence-corrected chi connectivity index (χ3v) is 3.68. The molecule has 0 radical (unpaired) electrons. The molecule has 0 unspecified atom stereocenters. The van der Waals surface area contributed by atoms with E-state index in [9.17, 15) is 14.9 Å². The van der Waals surface area contributed by atoms with Gasteiger partial charge in [0, 0.05) is 31.4 Å². The van der Waals surface area contributed by atoms with E-state index in [0.717, 1.165) is 6.54 Å². The van der Waals surface area contributed by atoms with Crippen molar-refractivity contribution in [1.82, 2.24) is 20.4 Å². The lowest BCUT2D eigenvalue weighted by Crippen LogP contribution is -2.32. The van der Waals surface area contributed by atoms with Gasteiger partial charge in [-0.2, -0.15) is 5.10 Å². The summed E-state index contributed by atoms with van der Waals surface area (Å²) in [4.78, 5) is 22.2. The van der Waals surface area contributed by atoms with Crippen LogP contribution in [0.1, 0.15) is 17.4 Å². The zero-order valence-electron chi connectivity index (χ0n) is 12.8. The molecule has 0 spiro atoms. The van der Waals surface area contributed by atoms with Crippen molar-refractivity contribution < 1.29 is 9.72 Å². The van der Waals surface area contributed by atoms with E-state index < -0.39 is 4.92 Å². The first-order valence-corrected chi connectivity index (χ1v) is 7.88. The van der Waals surface area contributed by atoms with Gasteiger partial charge >= 0.3 is 0 Å². The van der Waals surface area contributed by atoms with Crippen LogP contribution in [0.2, 0.25) is 10.0 Å². The minimum atomic E-state index is -0.589. The topological polar surface area (TPSA) is 102 Å². The second-order valence-electron chi connectivity index (χ2n) is 4.77. The Kier molecular flexibility index (Phi) is 6.13. The van der Waals surface area contributed by atoms with Crippen molar-refractivity contribution in [2.45, 2.75) is 6.92 Å². The highest BCUT2D eigenvalue weighted by Gasteiger charge is 2.18. The largest absolute Gasteiger partial charge is 0.349 e. The molecule has 0 saturated carbocycles. The van der Waals surface area contributed by atoms with Crippen LogP contribution in [-0.4, -0.2) is 40.2 Å². The predicted octanol–water partition coefficient (Wildman–Crippen LogP) is 2.43. The van der Waals surface area contributed by atoms with Crippen LogP contribution in [0.4, 0.5) is 5.69 Å². The zero-order chi connectivity index (χ0) is 17.7. The molecule has 2 rings (SSSR count). The molecule has 128 valence electrons. The summed E-state index contributed by atoms with van der Waals surface area (Å²) in [5.74, 6) is -0.333. The van der Waals surface area contributed by atoms with Gasteiger partial charge < -0.3 is 10.6 Å². The summed E-state index contributed by atoms with van der Waals surface area (Å²) in [5, 5.41) is 20.9. The number of nitro benzene ring substituents is 1. The van der Waals surface area contributed by atoms with Crippen LogP contribution in [0.25, 0.3) is 5.69 Å². The van der Waals surface area contributed by atoms with Crippen molar-refractivity contribution in [2.24, 2.45) is 0 Å². The number of hydrogen-bond acceptors (Lipinski definition) is 5. The maximum absolute atomic E-state index is 12.0. The SMILES string of the molecule is CCNCCNC(=O)c1ccn(-c2c(Cl)cc([N+](=O)[O-])cc2Cl)n1. The number of non-ortho nitro benzene ring substituents is 1. The summed E-state index contributed by atoms with van der Waals surface area (Å²) >= 11 is 12.1. The molecule has 1 aromatic heterocycles. The number of aromatic nitrogens is 2. The van der Waals surface area contributed by atoms with Gasteiger partial charge in [0.05, 0.1) is 15.0 Å². The number of carbonyl (C=O) groups is 1. The summed E-state index contributed by atoms with van der Waals surface area (Å²) in [6.45, 7) is 3.92. The Bertz CT molecular complexity index is 740. The molecule has 1 amide bonds. The van der Waals surface area contributed by atoms with Crippen LogP contribution < -0.4 is 10.6 Å². The normalized spacial score (nSPS) is 10.6. The molecular weight excluding hydrogens is 357 g/mol. The van der Waals surface area contributed by atoms with E-state index in [4.69, 9.17) is 23.2 Å². The second kappa shape index (κ2) is 8.09. The monoisotopic (exact) mass is 371 g/mol. The molecule has 0 aliphatic rings. The Balaban J connectivity index is 2.19. The molecule has 0 saturated heterocycles. The summed E-state index contributed by atoms with van der Waals surface area (Å²) in [6, 6.07) is 3.87. The number of amides is 1. The molecule has 2 N–H and O–H groups in total. The van der Waals surface area contributed by atoms with Gasteiger partial charge in [0.15, 0.2) is 5.69 Å². The Morgan fingerprint density at radius 2 is 2.00 bits per heavy atom. The molecule has 8 nitrogen and oxygen atoms in total. The van der Waals surface area contributed by atoms with Crippen LogP contribution in [0.3, 0.4) is 0 Å². The van der Waals surface area contributed by atoms with E-state index in [1.54, 1.807) is 0 Å². The quantitative estimate of drug-likeness (QED) is 0.442. The number of benzene rings is 1. The highest BCUT2D eigenvalue weighted by Crippen LogP contribution is 2.32. The lowest BCUT2D eigenvalue weighted by molar-refractivity contribution is -0.384. The Morgan fingerprint density at radius 3 is 2.58 bits per heavy atom. The van der Waals surface area contributed by atoms with E-state index in [1.807, 2.05) is 6.92 Å². The number of hydrogen-bond donors (Lipinski definition) is 2. The fourth-order valence-corrected chi connectivity index (χ4v) is 2.63. The van der Waals surface area contributed by atoms with E-state index >= 15 is 0 Å². The number of nitrogens with one attached hydrogen (secondary N) is 2. The van der Waals surface area contributed by atoms with Crippen molar-refractivity contribution in [3.63, 3.8) is 0 Å². The number of rotatable bonds is 7. The molecule has 0 aliphatic heterocycles. The molecule has 0 aliphatic carbocycles. The van der Waals surface area contributed by atoms with Crippen LogP contribution in [-0.2, 0) is 0 Å². The zero-order valence-corrected chi connectivity index (χ0v) is 14.3. The Labute approximate surface area is 147 Å². The molecule has 0 fully saturated rings. The molecule has 24 heavy (non-hydrogen) atoms. The third-order valence-electron chi connectivity index (χ3n) is 3.10. The average Bonchev–Trinajstić information content (AvgIpc) is 3.00. The Hall–Kier alpha value is -2.16. The number of carbonyl (C=O) groups excluding carboxylic acids is 1. The van der Waals surface area contributed by atoms with E-state index in [2.05, 4.69) is 15.7 Å². The molecule has 1 heterocycles. The van der Waals surface area contributed by atoms with Gasteiger partial charge in [-0.3, -0.25) is 14.9 Å². The van der Waals surface area contributed by atoms with Crippen LogP contribution in [0.15, 0.2) is 24.4 Å². The second-order valence-corrected chi connectivity index (χ2v) is 5.58. The van der Waals surface area contributed by atoms with E-state index in [0.29, 0.717) is 13.1 Å². The van der Waals surface area contributed by atoms with Crippen molar-refractivity contribution in [1.29, 1.82) is 0 Å². The van der Waals surface area contributed by atoms with Gasteiger partial charge in [0.2, 0.25) is 0 Å². The molecule has 0 atom stereocenters. The number of nitro groups is 1. The highest BCUT2D eigenvalue weighted by atomic mass is 35.5. The first-order chi connectivity index (χ1) is 11.4. The number of halogens is 2. The maximum Gasteiger partial charge on any atom is 0.272 e. The van der Waals surface area contributed by atoms with Crippen molar-refractivity contribution in [2.75, 3.05) is 19.6 Å². The number of likely N-dealkylation sites (N-methyl/N-ethyl adjacent to an activating group) is 1. The number of nitrogens with zero attached hydrogens (tertiary/aromatic N) is 3. The van der Waals surface area contributed by atoms with Crippen molar-refractivity contribution >= 4 is 34.8 Å². The minimum absolute atomic E-state index is 0.0661. The van der Waals surface area contributed by atoms with E-state index in [-0.39, 0.29) is 33.0 Å². The van der Waals surface area contributed by atoms with Gasteiger partial charge in [-0.15, -0.1) is 0 Å². The predicted molar refractivity (Wildman–Crippen MR) is 91.1 cm³/mol. The lowest BCUT2D eigenvalue weighted by Gasteiger charge is -2.07. The summed E-state index contributed by atoms with van der Waals surface area (Å²) in [7, 11) is 0. The molecule has 1 aromatic carbocycles. The first kappa shape index (κ1) is 18.2. The molecule has 2 aromatic rings. The fraction of sp³-hybridized carbons (Fsp3) is 0.286. The van der Waals surface area contributed by atoms with Crippen molar-refractivity contribution in [3.05, 3.63) is 50.2 Å². The molecule has 10 heteroatoms.